The average molecular weight is 482 g/mol. The first-order valence-corrected chi connectivity index (χ1v) is 12.7. The van der Waals surface area contributed by atoms with Gasteiger partial charge >= 0.3 is 0 Å². The van der Waals surface area contributed by atoms with Gasteiger partial charge in [0.15, 0.2) is 0 Å². The Bertz CT molecular complexity index is 933. The molecular weight excluding hydrogens is 442 g/mol. The highest BCUT2D eigenvalue weighted by atomic mass is 16.5. The van der Waals surface area contributed by atoms with Crippen LogP contribution in [-0.2, 0) is 11.3 Å². The van der Waals surface area contributed by atoms with Crippen molar-refractivity contribution in [2.24, 2.45) is 5.92 Å². The molecule has 0 saturated carbocycles. The number of nitrogens with one attached hydrogen (secondary N) is 2. The number of carbonyl (C=O) groups excluding carboxylic acids is 2. The average Bonchev–Trinajstić information content (AvgIpc) is 2.86. The molecule has 0 fully saturated rings. The molecule has 0 radical (unpaired) electrons. The zero-order valence-corrected chi connectivity index (χ0v) is 21.1. The number of amides is 2. The number of hydrogen-bond donors (Lipinski definition) is 2. The monoisotopic (exact) mass is 481 g/mol. The van der Waals surface area contributed by atoms with Gasteiger partial charge in [-0.2, -0.15) is 0 Å². The second kappa shape index (κ2) is 14.4. The van der Waals surface area contributed by atoms with Crippen molar-refractivity contribution in [2.45, 2.75) is 46.1 Å². The highest BCUT2D eigenvalue weighted by Crippen LogP contribution is 2.25. The molecule has 2 N–H and O–H groups in total. The summed E-state index contributed by atoms with van der Waals surface area (Å²) in [7, 11) is 0. The lowest BCUT2D eigenvalue weighted by Crippen LogP contribution is -2.38. The van der Waals surface area contributed by atoms with Crippen LogP contribution in [0.3, 0.4) is 0 Å². The van der Waals surface area contributed by atoms with Crippen LogP contribution in [0.2, 0.25) is 0 Å². The van der Waals surface area contributed by atoms with Gasteiger partial charge < -0.3 is 20.1 Å². The van der Waals surface area contributed by atoms with E-state index >= 15 is 0 Å². The molecule has 0 bridgehead atoms. The molecule has 2 amide bonds. The maximum atomic E-state index is 13.2. The Morgan fingerprint density at radius 1 is 1.09 bits per heavy atom. The van der Waals surface area contributed by atoms with E-state index in [0.717, 1.165) is 43.5 Å². The smallest absolute Gasteiger partial charge is 0.251 e. The summed E-state index contributed by atoms with van der Waals surface area (Å²) in [6, 6.07) is 15.1. The summed E-state index contributed by atoms with van der Waals surface area (Å²) in [5, 5.41) is 6.01. The summed E-state index contributed by atoms with van der Waals surface area (Å²) in [4.78, 5) is 27.9. The molecular formula is C28H39N3O4. The second-order valence-electron chi connectivity index (χ2n) is 9.35. The minimum atomic E-state index is -0.167. The van der Waals surface area contributed by atoms with Crippen LogP contribution in [0.1, 0.15) is 55.5 Å². The van der Waals surface area contributed by atoms with Crippen molar-refractivity contribution in [3.05, 3.63) is 59.7 Å². The van der Waals surface area contributed by atoms with E-state index in [1.807, 2.05) is 48.5 Å². The normalized spacial score (nSPS) is 15.6. The Hall–Kier alpha value is -3.06. The predicted molar refractivity (Wildman–Crippen MR) is 138 cm³/mol. The lowest BCUT2D eigenvalue weighted by molar-refractivity contribution is -0.122. The van der Waals surface area contributed by atoms with Crippen LogP contribution in [0.5, 0.6) is 11.5 Å². The van der Waals surface area contributed by atoms with Crippen LogP contribution in [0, 0.1) is 5.92 Å². The van der Waals surface area contributed by atoms with E-state index in [0.29, 0.717) is 56.6 Å². The van der Waals surface area contributed by atoms with Crippen molar-refractivity contribution < 1.29 is 19.1 Å². The van der Waals surface area contributed by atoms with E-state index < -0.39 is 0 Å². The molecule has 0 aromatic heterocycles. The van der Waals surface area contributed by atoms with Gasteiger partial charge in [-0.1, -0.05) is 38.1 Å². The van der Waals surface area contributed by atoms with E-state index in [-0.39, 0.29) is 11.8 Å². The van der Waals surface area contributed by atoms with E-state index in [2.05, 4.69) is 29.4 Å². The van der Waals surface area contributed by atoms with Crippen LogP contribution in [0.25, 0.3) is 0 Å². The van der Waals surface area contributed by atoms with Gasteiger partial charge in [-0.05, 0) is 62.4 Å². The zero-order valence-electron chi connectivity index (χ0n) is 21.1. The van der Waals surface area contributed by atoms with Crippen LogP contribution in [0.4, 0.5) is 0 Å². The third-order valence-electron chi connectivity index (χ3n) is 5.95. The first-order chi connectivity index (χ1) is 17.0. The molecule has 0 spiro atoms. The number of ether oxygens (including phenoxy) is 2. The first-order valence-electron chi connectivity index (χ1n) is 12.7. The summed E-state index contributed by atoms with van der Waals surface area (Å²) < 4.78 is 11.8. The van der Waals surface area contributed by atoms with Crippen molar-refractivity contribution in [3.8, 4) is 11.5 Å². The van der Waals surface area contributed by atoms with Crippen molar-refractivity contribution in [1.29, 1.82) is 0 Å². The van der Waals surface area contributed by atoms with Gasteiger partial charge in [-0.25, -0.2) is 0 Å². The molecule has 7 nitrogen and oxygen atoms in total. The topological polar surface area (TPSA) is 79.9 Å². The summed E-state index contributed by atoms with van der Waals surface area (Å²) in [6.45, 7) is 7.92. The van der Waals surface area contributed by atoms with Crippen LogP contribution in [-0.4, -0.2) is 56.1 Å². The maximum Gasteiger partial charge on any atom is 0.251 e. The Kier molecular flexibility index (Phi) is 10.9. The molecule has 0 saturated heterocycles. The molecule has 1 aliphatic heterocycles. The SMILES string of the molecule is CC(C)CCN1CC(=O)NCCCCCOc2cccc(C(=O)NCCOc3ccccc3)c2C1. The first kappa shape index (κ1) is 26.5. The molecule has 3 rings (SSSR count). The molecule has 2 aromatic rings. The standard InChI is InChI=1S/C28H39N3O4/c1-22(2)14-17-31-20-25-24(28(33)30-16-19-34-23-10-5-3-6-11-23)12-9-13-26(25)35-18-8-4-7-15-29-27(32)21-31/h3,5-6,9-13,22H,4,7-8,14-21H2,1-2H3,(H,29,32)(H,30,33). The van der Waals surface area contributed by atoms with Crippen LogP contribution in [0.15, 0.2) is 48.5 Å². The molecule has 0 atom stereocenters. The fourth-order valence-electron chi connectivity index (χ4n) is 3.97. The van der Waals surface area contributed by atoms with Crippen LogP contribution >= 0.6 is 0 Å². The Labute approximate surface area is 209 Å². The van der Waals surface area contributed by atoms with Crippen molar-refractivity contribution in [2.75, 3.05) is 39.4 Å². The van der Waals surface area contributed by atoms with Gasteiger partial charge in [0, 0.05) is 24.2 Å². The summed E-state index contributed by atoms with van der Waals surface area (Å²) in [5.41, 5.74) is 1.40. The number of hydrogen-bond acceptors (Lipinski definition) is 5. The minimum absolute atomic E-state index is 0.0236. The second-order valence-corrected chi connectivity index (χ2v) is 9.35. The van der Waals surface area contributed by atoms with E-state index in [1.54, 1.807) is 0 Å². The molecule has 35 heavy (non-hydrogen) atoms. The summed E-state index contributed by atoms with van der Waals surface area (Å²) in [5.74, 6) is 1.86. The minimum Gasteiger partial charge on any atom is -0.493 e. The summed E-state index contributed by atoms with van der Waals surface area (Å²) in [6.07, 6.45) is 3.78. The maximum absolute atomic E-state index is 13.2. The molecule has 0 aliphatic carbocycles. The molecule has 2 aromatic carbocycles. The van der Waals surface area contributed by atoms with Gasteiger partial charge in [-0.3, -0.25) is 14.5 Å². The zero-order chi connectivity index (χ0) is 24.9. The number of rotatable bonds is 8. The van der Waals surface area contributed by atoms with Crippen molar-refractivity contribution in [3.63, 3.8) is 0 Å². The van der Waals surface area contributed by atoms with Gasteiger partial charge in [-0.15, -0.1) is 0 Å². The van der Waals surface area contributed by atoms with E-state index in [4.69, 9.17) is 9.47 Å². The van der Waals surface area contributed by atoms with Gasteiger partial charge in [0.1, 0.15) is 18.1 Å². The molecule has 1 aliphatic rings. The highest BCUT2D eigenvalue weighted by Gasteiger charge is 2.21. The van der Waals surface area contributed by atoms with Crippen LogP contribution < -0.4 is 20.1 Å². The fraction of sp³-hybridized carbons (Fsp3) is 0.500. The summed E-state index contributed by atoms with van der Waals surface area (Å²) >= 11 is 0. The number of carbonyl (C=O) groups is 2. The number of para-hydroxylation sites is 1. The Balaban J connectivity index is 1.75. The Morgan fingerprint density at radius 3 is 2.71 bits per heavy atom. The molecule has 0 unspecified atom stereocenters. The van der Waals surface area contributed by atoms with E-state index in [9.17, 15) is 9.59 Å². The molecule has 190 valence electrons. The van der Waals surface area contributed by atoms with Gasteiger partial charge in [0.25, 0.3) is 5.91 Å². The van der Waals surface area contributed by atoms with E-state index in [1.165, 1.54) is 0 Å². The molecule has 1 heterocycles. The quantitative estimate of drug-likeness (QED) is 0.557. The van der Waals surface area contributed by atoms with Gasteiger partial charge in [0.05, 0.1) is 19.7 Å². The lowest BCUT2D eigenvalue weighted by Gasteiger charge is -2.25. The third-order valence-corrected chi connectivity index (χ3v) is 5.95. The highest BCUT2D eigenvalue weighted by molar-refractivity contribution is 5.96. The predicted octanol–water partition coefficient (Wildman–Crippen LogP) is 4.02. The third kappa shape index (κ3) is 9.25. The fourth-order valence-corrected chi connectivity index (χ4v) is 3.97. The number of benzene rings is 2. The number of nitrogens with zero attached hydrogens (tertiary/aromatic N) is 1. The van der Waals surface area contributed by atoms with Crippen molar-refractivity contribution in [1.82, 2.24) is 15.5 Å². The molecule has 7 heteroatoms. The number of fused-ring (bicyclic) bond motifs is 1. The lowest BCUT2D eigenvalue weighted by atomic mass is 10.0. The largest absolute Gasteiger partial charge is 0.493 e. The Morgan fingerprint density at radius 2 is 1.91 bits per heavy atom. The van der Waals surface area contributed by atoms with Crippen molar-refractivity contribution >= 4 is 11.8 Å². The van der Waals surface area contributed by atoms with Gasteiger partial charge in [0.2, 0.25) is 5.91 Å².